The molecule has 6 heteroatoms. The van der Waals surface area contributed by atoms with E-state index in [4.69, 9.17) is 9.47 Å². The number of ether oxygens (including phenoxy) is 2. The summed E-state index contributed by atoms with van der Waals surface area (Å²) in [7, 11) is 0. The molecule has 1 aliphatic heterocycles. The summed E-state index contributed by atoms with van der Waals surface area (Å²) in [4.78, 5) is 12.0. The van der Waals surface area contributed by atoms with Crippen molar-refractivity contribution in [2.45, 2.75) is 37.9 Å². The van der Waals surface area contributed by atoms with Gasteiger partial charge in [-0.25, -0.2) is 4.39 Å². The fraction of sp³-hybridized carbons (Fsp3) is 0.562. The normalized spacial score (nSPS) is 22.5. The molecule has 1 aromatic carbocycles. The summed E-state index contributed by atoms with van der Waals surface area (Å²) < 4.78 is 25.1. The van der Waals surface area contributed by atoms with Gasteiger partial charge in [-0.05, 0) is 37.8 Å². The molecule has 0 spiro atoms. The molecule has 1 atom stereocenters. The molecule has 120 valence electrons. The van der Waals surface area contributed by atoms with Gasteiger partial charge >= 0.3 is 0 Å². The number of rotatable bonds is 4. The Morgan fingerprint density at radius 2 is 2.18 bits per heavy atom. The predicted molar refractivity (Wildman–Crippen MR) is 80.5 cm³/mol. The van der Waals surface area contributed by atoms with Crippen LogP contribution in [0.15, 0.2) is 18.2 Å². The van der Waals surface area contributed by atoms with Gasteiger partial charge < -0.3 is 20.1 Å². The maximum Gasteiger partial charge on any atom is 0.254 e. The smallest absolute Gasteiger partial charge is 0.254 e. The highest BCUT2D eigenvalue weighted by molar-refractivity contribution is 5.94. The molecule has 1 heterocycles. The van der Waals surface area contributed by atoms with Crippen LogP contribution in [0.25, 0.3) is 0 Å². The quantitative estimate of drug-likeness (QED) is 0.894. The third-order valence-electron chi connectivity index (χ3n) is 4.02. The summed E-state index contributed by atoms with van der Waals surface area (Å²) in [5.74, 6) is -0.469. The third kappa shape index (κ3) is 3.75. The molecule has 2 aliphatic rings. The Kier molecular flexibility index (Phi) is 4.90. The van der Waals surface area contributed by atoms with Crippen LogP contribution in [0.2, 0.25) is 0 Å². The molecule has 0 aromatic heterocycles. The van der Waals surface area contributed by atoms with E-state index in [0.717, 1.165) is 32.2 Å². The highest BCUT2D eigenvalue weighted by atomic mass is 19.1. The van der Waals surface area contributed by atoms with Gasteiger partial charge in [0.1, 0.15) is 6.10 Å². The average Bonchev–Trinajstić information content (AvgIpc) is 3.04. The molecular weight excluding hydrogens is 287 g/mol. The lowest BCUT2D eigenvalue weighted by Gasteiger charge is -2.22. The van der Waals surface area contributed by atoms with Crippen molar-refractivity contribution in [1.29, 1.82) is 0 Å². The molecule has 2 fully saturated rings. The highest BCUT2D eigenvalue weighted by Gasteiger charge is 2.22. The minimum absolute atomic E-state index is 0.108. The second-order valence-electron chi connectivity index (χ2n) is 5.72. The van der Waals surface area contributed by atoms with E-state index in [9.17, 15) is 9.18 Å². The summed E-state index contributed by atoms with van der Waals surface area (Å²) in [5, 5.41) is 5.76. The SMILES string of the molecule is O=C(Nc1ccc(OC2CCCC2)c(F)c1)C1CNCCO1. The molecule has 1 aliphatic carbocycles. The second-order valence-corrected chi connectivity index (χ2v) is 5.72. The maximum absolute atomic E-state index is 14.1. The van der Waals surface area contributed by atoms with Gasteiger partial charge in [-0.3, -0.25) is 4.79 Å². The summed E-state index contributed by atoms with van der Waals surface area (Å²) in [6, 6.07) is 4.52. The highest BCUT2D eigenvalue weighted by Crippen LogP contribution is 2.27. The van der Waals surface area contributed by atoms with E-state index in [1.807, 2.05) is 0 Å². The van der Waals surface area contributed by atoms with Crippen LogP contribution in [0, 0.1) is 5.82 Å². The number of benzene rings is 1. The van der Waals surface area contributed by atoms with Crippen molar-refractivity contribution in [2.24, 2.45) is 0 Å². The van der Waals surface area contributed by atoms with Gasteiger partial charge in [0, 0.05) is 24.8 Å². The van der Waals surface area contributed by atoms with Gasteiger partial charge in [-0.2, -0.15) is 0 Å². The van der Waals surface area contributed by atoms with Crippen molar-refractivity contribution in [3.05, 3.63) is 24.0 Å². The molecule has 1 unspecified atom stereocenters. The first-order valence-electron chi connectivity index (χ1n) is 7.82. The molecule has 1 saturated heterocycles. The topological polar surface area (TPSA) is 59.6 Å². The Morgan fingerprint density at radius 1 is 1.36 bits per heavy atom. The van der Waals surface area contributed by atoms with Crippen molar-refractivity contribution in [3.63, 3.8) is 0 Å². The fourth-order valence-corrected chi connectivity index (χ4v) is 2.82. The van der Waals surface area contributed by atoms with Crippen LogP contribution in [-0.4, -0.2) is 37.8 Å². The van der Waals surface area contributed by atoms with Crippen LogP contribution in [0.5, 0.6) is 5.75 Å². The molecular formula is C16H21FN2O3. The molecule has 3 rings (SSSR count). The summed E-state index contributed by atoms with van der Waals surface area (Å²) >= 11 is 0. The number of hydrogen-bond donors (Lipinski definition) is 2. The van der Waals surface area contributed by atoms with Crippen molar-refractivity contribution >= 4 is 11.6 Å². The van der Waals surface area contributed by atoms with E-state index in [0.29, 0.717) is 18.8 Å². The first-order valence-corrected chi connectivity index (χ1v) is 7.82. The third-order valence-corrected chi connectivity index (χ3v) is 4.02. The Balaban J connectivity index is 1.59. The molecule has 1 saturated carbocycles. The number of morpholine rings is 1. The van der Waals surface area contributed by atoms with Gasteiger partial charge in [0.05, 0.1) is 12.7 Å². The van der Waals surface area contributed by atoms with Crippen LogP contribution >= 0.6 is 0 Å². The van der Waals surface area contributed by atoms with Crippen LogP contribution in [0.3, 0.4) is 0 Å². The number of hydrogen-bond acceptors (Lipinski definition) is 4. The van der Waals surface area contributed by atoms with Gasteiger partial charge in [-0.1, -0.05) is 0 Å². The van der Waals surface area contributed by atoms with Crippen molar-refractivity contribution < 1.29 is 18.7 Å². The number of carbonyl (C=O) groups excluding carboxylic acids is 1. The van der Waals surface area contributed by atoms with Gasteiger partial charge in [-0.15, -0.1) is 0 Å². The van der Waals surface area contributed by atoms with Crippen molar-refractivity contribution in [3.8, 4) is 5.75 Å². The Hall–Kier alpha value is -1.66. The molecule has 2 N–H and O–H groups in total. The lowest BCUT2D eigenvalue weighted by Crippen LogP contribution is -2.45. The molecule has 1 aromatic rings. The van der Waals surface area contributed by atoms with Crippen LogP contribution < -0.4 is 15.4 Å². The van der Waals surface area contributed by atoms with Crippen LogP contribution in [-0.2, 0) is 9.53 Å². The molecule has 0 bridgehead atoms. The van der Waals surface area contributed by atoms with E-state index in [1.54, 1.807) is 12.1 Å². The number of halogens is 1. The van der Waals surface area contributed by atoms with E-state index in [1.165, 1.54) is 6.07 Å². The van der Waals surface area contributed by atoms with Crippen molar-refractivity contribution in [1.82, 2.24) is 5.32 Å². The number of carbonyl (C=O) groups is 1. The van der Waals surface area contributed by atoms with E-state index < -0.39 is 11.9 Å². The van der Waals surface area contributed by atoms with E-state index >= 15 is 0 Å². The lowest BCUT2D eigenvalue weighted by molar-refractivity contribution is -0.128. The fourth-order valence-electron chi connectivity index (χ4n) is 2.82. The maximum atomic E-state index is 14.1. The zero-order chi connectivity index (χ0) is 15.4. The minimum atomic E-state index is -0.536. The summed E-state index contributed by atoms with van der Waals surface area (Å²) in [6.07, 6.45) is 3.79. The first-order chi connectivity index (χ1) is 10.7. The molecule has 22 heavy (non-hydrogen) atoms. The second kappa shape index (κ2) is 7.07. The minimum Gasteiger partial charge on any atom is -0.487 e. The zero-order valence-corrected chi connectivity index (χ0v) is 12.4. The largest absolute Gasteiger partial charge is 0.487 e. The molecule has 1 amide bonds. The monoisotopic (exact) mass is 308 g/mol. The van der Waals surface area contributed by atoms with E-state index in [-0.39, 0.29) is 17.8 Å². The Morgan fingerprint density at radius 3 is 2.86 bits per heavy atom. The van der Waals surface area contributed by atoms with E-state index in [2.05, 4.69) is 10.6 Å². The standard InChI is InChI=1S/C16H21FN2O3/c17-13-9-11(19-16(20)15-10-18-7-8-21-15)5-6-14(13)22-12-3-1-2-4-12/h5-6,9,12,15,18H,1-4,7-8,10H2,(H,19,20). The van der Waals surface area contributed by atoms with Crippen molar-refractivity contribution in [2.75, 3.05) is 25.0 Å². The Bertz CT molecular complexity index is 526. The molecule has 5 nitrogen and oxygen atoms in total. The first kappa shape index (κ1) is 15.2. The van der Waals surface area contributed by atoms with Gasteiger partial charge in [0.25, 0.3) is 5.91 Å². The predicted octanol–water partition coefficient (Wildman–Crippen LogP) is 2.07. The average molecular weight is 308 g/mol. The number of anilines is 1. The Labute approximate surface area is 129 Å². The summed E-state index contributed by atoms with van der Waals surface area (Å²) in [6.45, 7) is 1.71. The zero-order valence-electron chi connectivity index (χ0n) is 12.4. The van der Waals surface area contributed by atoms with Crippen LogP contribution in [0.1, 0.15) is 25.7 Å². The van der Waals surface area contributed by atoms with Gasteiger partial charge in [0.15, 0.2) is 11.6 Å². The summed E-state index contributed by atoms with van der Waals surface area (Å²) in [5.41, 5.74) is 0.412. The molecule has 0 radical (unpaired) electrons. The number of amides is 1. The lowest BCUT2D eigenvalue weighted by atomic mass is 10.2. The number of nitrogens with one attached hydrogen (secondary N) is 2. The van der Waals surface area contributed by atoms with Crippen LogP contribution in [0.4, 0.5) is 10.1 Å². The van der Waals surface area contributed by atoms with Gasteiger partial charge in [0.2, 0.25) is 0 Å².